The molecular weight excluding hydrogens is 265 g/mol. The summed E-state index contributed by atoms with van der Waals surface area (Å²) in [6, 6.07) is 4.19. The lowest BCUT2D eigenvalue weighted by Crippen LogP contribution is -2.44. The fourth-order valence-corrected chi connectivity index (χ4v) is 1.94. The van der Waals surface area contributed by atoms with E-state index in [1.807, 2.05) is 6.92 Å². The molecule has 0 radical (unpaired) electrons. The largest absolute Gasteiger partial charge is 0.481 e. The molecule has 0 heterocycles. The summed E-state index contributed by atoms with van der Waals surface area (Å²) in [7, 11) is 0. The molecule has 0 aliphatic carbocycles. The van der Waals surface area contributed by atoms with Crippen LogP contribution in [0.15, 0.2) is 24.3 Å². The van der Waals surface area contributed by atoms with E-state index in [9.17, 15) is 14.3 Å². The number of aliphatic carboxylic acids is 1. The third-order valence-electron chi connectivity index (χ3n) is 3.15. The maximum absolute atomic E-state index is 12.9. The van der Waals surface area contributed by atoms with Crippen molar-refractivity contribution in [2.24, 2.45) is 0 Å². The van der Waals surface area contributed by atoms with Crippen LogP contribution in [0.2, 0.25) is 0 Å². The van der Waals surface area contributed by atoms with Gasteiger partial charge in [0.25, 0.3) is 0 Å². The summed E-state index contributed by atoms with van der Waals surface area (Å²) in [5.74, 6) is -1.48. The molecule has 0 amide bonds. The van der Waals surface area contributed by atoms with Crippen LogP contribution >= 0.6 is 0 Å². The van der Waals surface area contributed by atoms with E-state index in [0.717, 1.165) is 0 Å². The summed E-state index contributed by atoms with van der Waals surface area (Å²) in [6.45, 7) is 1.69. The highest BCUT2D eigenvalue weighted by molar-refractivity contribution is 5.67. The predicted molar refractivity (Wildman–Crippen MR) is 71.7 cm³/mol. The number of aliphatic hydroxyl groups is 2. The molecule has 3 atom stereocenters. The maximum atomic E-state index is 12.9. The Hall–Kier alpha value is -1.50. The second kappa shape index (κ2) is 7.94. The van der Waals surface area contributed by atoms with Gasteiger partial charge in [0, 0.05) is 12.1 Å². The fraction of sp³-hybridized carbons (Fsp3) is 0.500. The molecule has 0 saturated heterocycles. The molecule has 5 nitrogen and oxygen atoms in total. The van der Waals surface area contributed by atoms with Crippen molar-refractivity contribution < 1.29 is 24.5 Å². The van der Waals surface area contributed by atoms with E-state index in [1.165, 1.54) is 24.3 Å². The molecule has 1 aromatic rings. The lowest BCUT2D eigenvalue weighted by atomic mass is 9.98. The molecule has 0 bridgehead atoms. The van der Waals surface area contributed by atoms with Crippen LogP contribution in [0.3, 0.4) is 0 Å². The van der Waals surface area contributed by atoms with Crippen LogP contribution in [0.25, 0.3) is 0 Å². The number of hydrogen-bond acceptors (Lipinski definition) is 4. The van der Waals surface area contributed by atoms with Crippen molar-refractivity contribution in [2.45, 2.75) is 38.0 Å². The van der Waals surface area contributed by atoms with E-state index in [-0.39, 0.29) is 19.1 Å². The molecule has 0 aliphatic rings. The molecule has 1 rings (SSSR count). The minimum atomic E-state index is -1.09. The van der Waals surface area contributed by atoms with Crippen molar-refractivity contribution >= 4 is 5.97 Å². The molecule has 0 aromatic heterocycles. The zero-order valence-electron chi connectivity index (χ0n) is 11.3. The van der Waals surface area contributed by atoms with Crippen LogP contribution in [0, 0.1) is 5.82 Å². The molecule has 0 spiro atoms. The minimum Gasteiger partial charge on any atom is -0.481 e. The molecule has 0 fully saturated rings. The van der Waals surface area contributed by atoms with Gasteiger partial charge in [0.2, 0.25) is 0 Å². The van der Waals surface area contributed by atoms with Gasteiger partial charge >= 0.3 is 5.97 Å². The zero-order chi connectivity index (χ0) is 15.1. The molecule has 0 aliphatic heterocycles. The highest BCUT2D eigenvalue weighted by Crippen LogP contribution is 2.20. The topological polar surface area (TPSA) is 89.8 Å². The lowest BCUT2D eigenvalue weighted by Gasteiger charge is -2.27. The number of aliphatic hydroxyl groups excluding tert-OH is 2. The molecule has 0 saturated carbocycles. The van der Waals surface area contributed by atoms with E-state index in [2.05, 4.69) is 5.32 Å². The number of carboxylic acid groups (broad SMARTS) is 1. The Morgan fingerprint density at radius 1 is 1.35 bits per heavy atom. The summed E-state index contributed by atoms with van der Waals surface area (Å²) in [6.07, 6.45) is -0.787. The maximum Gasteiger partial charge on any atom is 0.305 e. The number of rotatable bonds is 8. The first-order valence-corrected chi connectivity index (χ1v) is 6.50. The Morgan fingerprint density at radius 2 is 1.95 bits per heavy atom. The fourth-order valence-electron chi connectivity index (χ4n) is 1.94. The van der Waals surface area contributed by atoms with E-state index in [4.69, 9.17) is 10.2 Å². The molecule has 3 unspecified atom stereocenters. The molecule has 6 heteroatoms. The molecule has 112 valence electrons. The average Bonchev–Trinajstić information content (AvgIpc) is 2.43. The number of benzene rings is 1. The summed E-state index contributed by atoms with van der Waals surface area (Å²) in [5.41, 5.74) is 0.429. The first-order valence-electron chi connectivity index (χ1n) is 6.50. The number of carbonyl (C=O) groups is 1. The van der Waals surface area contributed by atoms with Crippen molar-refractivity contribution in [3.63, 3.8) is 0 Å². The standard InChI is InChI=1S/C14H20FNO4/c1-2-11(8-17)16-12(7-13(18)19)14(20)9-3-5-10(15)6-4-9/h3-6,11-12,14,16-17,20H,2,7-8H2,1H3,(H,18,19). The molecule has 20 heavy (non-hydrogen) atoms. The zero-order valence-corrected chi connectivity index (χ0v) is 11.3. The number of hydrogen-bond donors (Lipinski definition) is 4. The van der Waals surface area contributed by atoms with Crippen molar-refractivity contribution in [1.29, 1.82) is 0 Å². The minimum absolute atomic E-state index is 0.150. The van der Waals surface area contributed by atoms with Gasteiger partial charge < -0.3 is 20.6 Å². The highest BCUT2D eigenvalue weighted by Gasteiger charge is 2.25. The van der Waals surface area contributed by atoms with Gasteiger partial charge in [-0.05, 0) is 24.1 Å². The molecular formula is C14H20FNO4. The Labute approximate surface area is 117 Å². The van der Waals surface area contributed by atoms with Gasteiger partial charge in [-0.1, -0.05) is 19.1 Å². The van der Waals surface area contributed by atoms with E-state index >= 15 is 0 Å². The smallest absolute Gasteiger partial charge is 0.305 e. The van der Waals surface area contributed by atoms with Gasteiger partial charge in [-0.3, -0.25) is 4.79 Å². The molecule has 1 aromatic carbocycles. The van der Waals surface area contributed by atoms with E-state index in [0.29, 0.717) is 12.0 Å². The first-order chi connectivity index (χ1) is 9.47. The summed E-state index contributed by atoms with van der Waals surface area (Å²) in [4.78, 5) is 10.9. The van der Waals surface area contributed by atoms with Crippen LogP contribution in [0.1, 0.15) is 31.4 Å². The average molecular weight is 285 g/mol. The lowest BCUT2D eigenvalue weighted by molar-refractivity contribution is -0.138. The van der Waals surface area contributed by atoms with Crippen LogP contribution < -0.4 is 5.32 Å². The van der Waals surface area contributed by atoms with Gasteiger partial charge in [0.15, 0.2) is 0 Å². The summed E-state index contributed by atoms with van der Waals surface area (Å²) >= 11 is 0. The number of halogens is 1. The van der Waals surface area contributed by atoms with Crippen LogP contribution in [0.4, 0.5) is 4.39 Å². The van der Waals surface area contributed by atoms with Crippen LogP contribution in [0.5, 0.6) is 0 Å². The van der Waals surface area contributed by atoms with E-state index < -0.39 is 23.9 Å². The third kappa shape index (κ3) is 4.88. The second-order valence-electron chi connectivity index (χ2n) is 4.66. The Morgan fingerprint density at radius 3 is 2.40 bits per heavy atom. The Kier molecular flexibility index (Phi) is 6.57. The predicted octanol–water partition coefficient (Wildman–Crippen LogP) is 1.06. The van der Waals surface area contributed by atoms with Gasteiger partial charge in [0.1, 0.15) is 5.82 Å². The van der Waals surface area contributed by atoms with Crippen molar-refractivity contribution in [1.82, 2.24) is 5.32 Å². The van der Waals surface area contributed by atoms with Crippen molar-refractivity contribution in [3.8, 4) is 0 Å². The summed E-state index contributed by atoms with van der Waals surface area (Å²) in [5, 5.41) is 31.2. The summed E-state index contributed by atoms with van der Waals surface area (Å²) < 4.78 is 12.9. The van der Waals surface area contributed by atoms with Gasteiger partial charge in [-0.2, -0.15) is 0 Å². The normalized spacial score (nSPS) is 15.6. The number of nitrogens with one attached hydrogen (secondary N) is 1. The van der Waals surface area contributed by atoms with Gasteiger partial charge in [0.05, 0.1) is 19.1 Å². The number of carboxylic acids is 1. The van der Waals surface area contributed by atoms with Gasteiger partial charge in [-0.15, -0.1) is 0 Å². The first kappa shape index (κ1) is 16.6. The monoisotopic (exact) mass is 285 g/mol. The SMILES string of the molecule is CCC(CO)NC(CC(=O)O)C(O)c1ccc(F)cc1. The molecule has 4 N–H and O–H groups in total. The van der Waals surface area contributed by atoms with Gasteiger partial charge in [-0.25, -0.2) is 4.39 Å². The third-order valence-corrected chi connectivity index (χ3v) is 3.15. The quantitative estimate of drug-likeness (QED) is 0.573. The van der Waals surface area contributed by atoms with Crippen molar-refractivity contribution in [2.75, 3.05) is 6.61 Å². The van der Waals surface area contributed by atoms with Crippen LogP contribution in [-0.4, -0.2) is 40.0 Å². The second-order valence-corrected chi connectivity index (χ2v) is 4.66. The van der Waals surface area contributed by atoms with E-state index in [1.54, 1.807) is 0 Å². The highest BCUT2D eigenvalue weighted by atomic mass is 19.1. The van der Waals surface area contributed by atoms with Crippen LogP contribution in [-0.2, 0) is 4.79 Å². The Bertz CT molecular complexity index is 420. The van der Waals surface area contributed by atoms with Crippen molar-refractivity contribution in [3.05, 3.63) is 35.6 Å². The Balaban J connectivity index is 2.85.